The molecule has 0 saturated carbocycles. The van der Waals surface area contributed by atoms with Gasteiger partial charge in [-0.3, -0.25) is 14.4 Å². The van der Waals surface area contributed by atoms with E-state index in [9.17, 15) is 18.8 Å². The number of carbonyl (C=O) groups excluding carboxylic acids is 3. The third-order valence-corrected chi connectivity index (χ3v) is 7.96. The standard InChI is InChI=1S/C31H33FN4O3S/c1-34-30(38)27(18-21-9-3-5-12-25(21)32)36(2)31(39)26(17-23-19-40-28-13-6-4-11-24(23)28)35-29(37)22-10-7-8-20(16-22)14-15-33/h3-13,16,19,26-27H,14-15,17-18,33H2,1-2H3,(H,34,38)(H,35,37). The second kappa shape index (κ2) is 13.3. The van der Waals surface area contributed by atoms with Gasteiger partial charge in [0, 0.05) is 37.2 Å². The summed E-state index contributed by atoms with van der Waals surface area (Å²) in [7, 11) is 2.98. The van der Waals surface area contributed by atoms with E-state index in [0.29, 0.717) is 24.1 Å². The fourth-order valence-corrected chi connectivity index (χ4v) is 5.71. The van der Waals surface area contributed by atoms with Gasteiger partial charge in [-0.15, -0.1) is 11.3 Å². The van der Waals surface area contributed by atoms with E-state index in [-0.39, 0.29) is 12.8 Å². The Morgan fingerprint density at radius 1 is 0.975 bits per heavy atom. The molecule has 0 aliphatic rings. The van der Waals surface area contributed by atoms with Crippen molar-refractivity contribution >= 4 is 39.1 Å². The summed E-state index contributed by atoms with van der Waals surface area (Å²) in [6.07, 6.45) is 0.830. The summed E-state index contributed by atoms with van der Waals surface area (Å²) in [5.41, 5.74) is 8.25. The maximum absolute atomic E-state index is 14.5. The number of fused-ring (bicyclic) bond motifs is 1. The minimum Gasteiger partial charge on any atom is -0.357 e. The Labute approximate surface area is 237 Å². The first-order chi connectivity index (χ1) is 19.3. The second-order valence-corrected chi connectivity index (χ2v) is 10.5. The molecule has 4 aromatic rings. The fourth-order valence-electron chi connectivity index (χ4n) is 4.73. The van der Waals surface area contributed by atoms with Crippen LogP contribution in [0.3, 0.4) is 0 Å². The Morgan fingerprint density at radius 3 is 2.48 bits per heavy atom. The molecule has 208 valence electrons. The van der Waals surface area contributed by atoms with Crippen LogP contribution in [0.15, 0.2) is 78.2 Å². The molecule has 0 bridgehead atoms. The highest BCUT2D eigenvalue weighted by Gasteiger charge is 2.33. The highest BCUT2D eigenvalue weighted by Crippen LogP contribution is 2.27. The lowest BCUT2D eigenvalue weighted by atomic mass is 10.00. The minimum absolute atomic E-state index is 0.0161. The molecule has 2 unspecified atom stereocenters. The summed E-state index contributed by atoms with van der Waals surface area (Å²) in [6, 6.07) is 19.2. The van der Waals surface area contributed by atoms with Crippen molar-refractivity contribution in [3.05, 3.63) is 106 Å². The van der Waals surface area contributed by atoms with Gasteiger partial charge in [0.15, 0.2) is 0 Å². The van der Waals surface area contributed by atoms with Crippen molar-refractivity contribution in [2.24, 2.45) is 5.73 Å². The van der Waals surface area contributed by atoms with Crippen LogP contribution in [0.5, 0.6) is 0 Å². The van der Waals surface area contributed by atoms with E-state index >= 15 is 0 Å². The molecule has 0 aliphatic carbocycles. The van der Waals surface area contributed by atoms with Crippen molar-refractivity contribution in [1.29, 1.82) is 0 Å². The van der Waals surface area contributed by atoms with Crippen molar-refractivity contribution < 1.29 is 18.8 Å². The van der Waals surface area contributed by atoms with E-state index < -0.39 is 35.6 Å². The molecule has 9 heteroatoms. The normalized spacial score (nSPS) is 12.5. The van der Waals surface area contributed by atoms with Gasteiger partial charge in [-0.2, -0.15) is 0 Å². The number of benzene rings is 3. The molecule has 7 nitrogen and oxygen atoms in total. The van der Waals surface area contributed by atoms with E-state index in [2.05, 4.69) is 10.6 Å². The van der Waals surface area contributed by atoms with E-state index in [1.807, 2.05) is 35.7 Å². The predicted molar refractivity (Wildman–Crippen MR) is 157 cm³/mol. The molecule has 3 amide bonds. The third kappa shape index (κ3) is 6.73. The van der Waals surface area contributed by atoms with Crippen molar-refractivity contribution in [3.63, 3.8) is 0 Å². The molecule has 0 fully saturated rings. The average molecular weight is 561 g/mol. The Morgan fingerprint density at radius 2 is 1.73 bits per heavy atom. The highest BCUT2D eigenvalue weighted by molar-refractivity contribution is 7.17. The number of carbonyl (C=O) groups is 3. The molecular formula is C31H33FN4O3S. The number of amides is 3. The summed E-state index contributed by atoms with van der Waals surface area (Å²) in [6.45, 7) is 0.450. The van der Waals surface area contributed by atoms with E-state index in [0.717, 1.165) is 21.2 Å². The Kier molecular flexibility index (Phi) is 9.63. The van der Waals surface area contributed by atoms with Crippen LogP contribution in [0.1, 0.15) is 27.0 Å². The Balaban J connectivity index is 1.65. The number of hydrogen-bond acceptors (Lipinski definition) is 5. The van der Waals surface area contributed by atoms with Gasteiger partial charge in [-0.25, -0.2) is 4.39 Å². The van der Waals surface area contributed by atoms with E-state index in [1.54, 1.807) is 47.7 Å². The molecule has 0 saturated heterocycles. The minimum atomic E-state index is -0.985. The molecular weight excluding hydrogens is 527 g/mol. The van der Waals surface area contributed by atoms with Gasteiger partial charge < -0.3 is 21.3 Å². The van der Waals surface area contributed by atoms with Crippen LogP contribution < -0.4 is 16.4 Å². The van der Waals surface area contributed by atoms with Crippen molar-refractivity contribution in [1.82, 2.24) is 15.5 Å². The monoisotopic (exact) mass is 560 g/mol. The highest BCUT2D eigenvalue weighted by atomic mass is 32.1. The number of nitrogens with two attached hydrogens (primary N) is 1. The van der Waals surface area contributed by atoms with Gasteiger partial charge in [0.1, 0.15) is 17.9 Å². The number of rotatable bonds is 11. The summed E-state index contributed by atoms with van der Waals surface area (Å²) < 4.78 is 15.6. The summed E-state index contributed by atoms with van der Waals surface area (Å²) in [4.78, 5) is 41.6. The first-order valence-corrected chi connectivity index (χ1v) is 14.0. The molecule has 1 heterocycles. The van der Waals surface area contributed by atoms with Crippen LogP contribution >= 0.6 is 11.3 Å². The summed E-state index contributed by atoms with van der Waals surface area (Å²) in [5.74, 6) is -1.74. The lowest BCUT2D eigenvalue weighted by Crippen LogP contribution is -2.55. The second-order valence-electron chi connectivity index (χ2n) is 9.60. The predicted octanol–water partition coefficient (Wildman–Crippen LogP) is 3.70. The van der Waals surface area contributed by atoms with Crippen LogP contribution in [0.2, 0.25) is 0 Å². The summed E-state index contributed by atoms with van der Waals surface area (Å²) >= 11 is 1.56. The topological polar surface area (TPSA) is 105 Å². The third-order valence-electron chi connectivity index (χ3n) is 6.95. The van der Waals surface area contributed by atoms with Crippen LogP contribution in [0.25, 0.3) is 10.1 Å². The first kappa shape index (κ1) is 28.9. The number of likely N-dealkylation sites (N-methyl/N-ethyl adjacent to an activating group) is 2. The Bertz CT molecular complexity index is 1500. The number of thiophene rings is 1. The smallest absolute Gasteiger partial charge is 0.251 e. The van der Waals surface area contributed by atoms with Crippen LogP contribution in [0.4, 0.5) is 4.39 Å². The molecule has 0 spiro atoms. The number of hydrogen-bond donors (Lipinski definition) is 3. The van der Waals surface area contributed by atoms with Gasteiger partial charge in [0.2, 0.25) is 11.8 Å². The molecule has 0 radical (unpaired) electrons. The molecule has 1 aromatic heterocycles. The molecule has 3 aromatic carbocycles. The zero-order valence-electron chi connectivity index (χ0n) is 22.5. The maximum atomic E-state index is 14.5. The molecule has 4 rings (SSSR count). The van der Waals surface area contributed by atoms with E-state index in [4.69, 9.17) is 5.73 Å². The van der Waals surface area contributed by atoms with Crippen LogP contribution in [-0.4, -0.2) is 55.3 Å². The van der Waals surface area contributed by atoms with Crippen molar-refractivity contribution in [3.8, 4) is 0 Å². The fraction of sp³-hybridized carbons (Fsp3) is 0.258. The Hall–Kier alpha value is -4.08. The largest absolute Gasteiger partial charge is 0.357 e. The van der Waals surface area contributed by atoms with Gasteiger partial charge in [0.05, 0.1) is 0 Å². The van der Waals surface area contributed by atoms with Gasteiger partial charge >= 0.3 is 0 Å². The molecule has 40 heavy (non-hydrogen) atoms. The van der Waals surface area contributed by atoms with Gasteiger partial charge in [-0.05, 0) is 64.7 Å². The van der Waals surface area contributed by atoms with Crippen molar-refractivity contribution in [2.45, 2.75) is 31.3 Å². The molecule has 0 aliphatic heterocycles. The van der Waals surface area contributed by atoms with Crippen LogP contribution in [-0.2, 0) is 28.9 Å². The quantitative estimate of drug-likeness (QED) is 0.260. The van der Waals surface area contributed by atoms with Crippen LogP contribution in [0, 0.1) is 5.82 Å². The number of halogens is 1. The molecule has 2 atom stereocenters. The number of nitrogens with one attached hydrogen (secondary N) is 2. The van der Waals surface area contributed by atoms with E-state index in [1.165, 1.54) is 25.1 Å². The zero-order valence-corrected chi connectivity index (χ0v) is 23.3. The lowest BCUT2D eigenvalue weighted by molar-refractivity contribution is -0.140. The summed E-state index contributed by atoms with van der Waals surface area (Å²) in [5, 5.41) is 8.48. The average Bonchev–Trinajstić information content (AvgIpc) is 3.38. The zero-order chi connectivity index (χ0) is 28.6. The van der Waals surface area contributed by atoms with Gasteiger partial charge in [-0.1, -0.05) is 48.5 Å². The van der Waals surface area contributed by atoms with Gasteiger partial charge in [0.25, 0.3) is 5.91 Å². The number of nitrogens with zero attached hydrogens (tertiary/aromatic N) is 1. The first-order valence-electron chi connectivity index (χ1n) is 13.1. The SMILES string of the molecule is CNC(=O)C(Cc1ccccc1F)N(C)C(=O)C(Cc1csc2ccccc12)NC(=O)c1cccc(CCN)c1. The lowest BCUT2D eigenvalue weighted by Gasteiger charge is -2.31. The van der Waals surface area contributed by atoms with Crippen molar-refractivity contribution in [2.75, 3.05) is 20.6 Å². The maximum Gasteiger partial charge on any atom is 0.251 e. The molecule has 4 N–H and O–H groups in total.